The van der Waals surface area contributed by atoms with Crippen LogP contribution in [0.5, 0.6) is 0 Å². The summed E-state index contributed by atoms with van der Waals surface area (Å²) in [5, 5.41) is 1.27. The van der Waals surface area contributed by atoms with Gasteiger partial charge in [-0.3, -0.25) is 19.8 Å². The Labute approximate surface area is 186 Å². The van der Waals surface area contributed by atoms with Crippen molar-refractivity contribution in [2.24, 2.45) is 0 Å². The molecule has 2 heterocycles. The number of halogens is 1. The number of anilines is 1. The van der Waals surface area contributed by atoms with E-state index in [1.165, 1.54) is 7.11 Å². The van der Waals surface area contributed by atoms with Gasteiger partial charge in [-0.15, -0.1) is 0 Å². The lowest BCUT2D eigenvalue weighted by molar-refractivity contribution is 0.0517. The van der Waals surface area contributed by atoms with Crippen molar-refractivity contribution in [2.75, 3.05) is 26.1 Å². The maximum atomic E-state index is 13.2. The number of rotatable bonds is 5. The Bertz CT molecular complexity index is 1220. The van der Waals surface area contributed by atoms with Crippen LogP contribution in [0.25, 0.3) is 10.9 Å². The van der Waals surface area contributed by atoms with E-state index in [1.807, 2.05) is 19.0 Å². The molecule has 8 nitrogen and oxygen atoms in total. The van der Waals surface area contributed by atoms with Crippen molar-refractivity contribution in [2.45, 2.75) is 6.61 Å². The number of hydrazine groups is 1. The number of carbonyl (C=O) groups excluding carboxylic acids is 3. The van der Waals surface area contributed by atoms with Gasteiger partial charge in [0.1, 0.15) is 0 Å². The number of carbonyl (C=O) groups is 3. The van der Waals surface area contributed by atoms with Crippen molar-refractivity contribution < 1.29 is 19.1 Å². The molecule has 3 aromatic rings. The van der Waals surface area contributed by atoms with Gasteiger partial charge < -0.3 is 9.64 Å². The first-order valence-electron chi connectivity index (χ1n) is 9.40. The van der Waals surface area contributed by atoms with E-state index in [0.717, 1.165) is 15.2 Å². The molecule has 4 rings (SSSR count). The smallest absolute Gasteiger partial charge is 0.282 e. The molecule has 0 saturated carbocycles. The summed E-state index contributed by atoms with van der Waals surface area (Å²) in [6, 6.07) is 12.1. The molecule has 158 valence electrons. The van der Waals surface area contributed by atoms with Gasteiger partial charge in [-0.05, 0) is 42.5 Å². The lowest BCUT2D eigenvalue weighted by Crippen LogP contribution is -2.46. The van der Waals surface area contributed by atoms with E-state index in [2.05, 4.69) is 26.3 Å². The van der Waals surface area contributed by atoms with Gasteiger partial charge in [0.2, 0.25) is 0 Å². The van der Waals surface area contributed by atoms with Gasteiger partial charge >= 0.3 is 0 Å². The summed E-state index contributed by atoms with van der Waals surface area (Å²) < 4.78 is 5.92. The monoisotopic (exact) mass is 482 g/mol. The van der Waals surface area contributed by atoms with E-state index in [4.69, 9.17) is 4.74 Å². The lowest BCUT2D eigenvalue weighted by atomic mass is 10.0. The number of pyridine rings is 1. The summed E-state index contributed by atoms with van der Waals surface area (Å²) in [5.74, 6) is -1.81. The van der Waals surface area contributed by atoms with Crippen LogP contribution in [-0.4, -0.2) is 48.9 Å². The normalized spacial score (nSPS) is 13.0. The predicted octanol–water partition coefficient (Wildman–Crippen LogP) is 3.15. The number of imide groups is 1. The topological polar surface area (TPSA) is 91.8 Å². The minimum atomic E-state index is -0.639. The van der Waals surface area contributed by atoms with Crippen LogP contribution in [0, 0.1) is 0 Å². The van der Waals surface area contributed by atoms with Crippen molar-refractivity contribution in [1.29, 1.82) is 0 Å². The molecular formula is C22H19BrN4O4. The standard InChI is InChI=1S/C22H19BrN4O4/c1-26(2)14-7-4-12(5-8-14)20(28)25-27-21(29)18-15-10-13(23)6-9-16(15)24-17(11-31-3)19(18)22(27)30/h4-10H,11H2,1-3H3,(H,25,28). The second-order valence-corrected chi connectivity index (χ2v) is 8.15. The third kappa shape index (κ3) is 3.66. The van der Waals surface area contributed by atoms with Gasteiger partial charge in [0, 0.05) is 42.3 Å². The molecule has 0 unspecified atom stereocenters. The number of hydrogen-bond donors (Lipinski definition) is 1. The molecule has 1 N–H and O–H groups in total. The summed E-state index contributed by atoms with van der Waals surface area (Å²) in [6.45, 7) is 0.0567. The molecule has 0 radical (unpaired) electrons. The molecule has 0 atom stereocenters. The summed E-state index contributed by atoms with van der Waals surface area (Å²) in [7, 11) is 5.27. The summed E-state index contributed by atoms with van der Waals surface area (Å²) >= 11 is 3.39. The van der Waals surface area contributed by atoms with Gasteiger partial charge in [-0.2, -0.15) is 5.01 Å². The average Bonchev–Trinajstić information content (AvgIpc) is 3.00. The van der Waals surface area contributed by atoms with E-state index in [9.17, 15) is 14.4 Å². The van der Waals surface area contributed by atoms with Crippen LogP contribution in [0.2, 0.25) is 0 Å². The molecule has 0 bridgehead atoms. The quantitative estimate of drug-likeness (QED) is 0.561. The number of nitrogens with zero attached hydrogens (tertiary/aromatic N) is 3. The molecule has 2 aromatic carbocycles. The number of fused-ring (bicyclic) bond motifs is 3. The SMILES string of the molecule is COCc1nc2ccc(Br)cc2c2c1C(=O)N(NC(=O)c1ccc(N(C)C)cc1)C2=O. The minimum Gasteiger partial charge on any atom is -0.378 e. The number of hydrogen-bond acceptors (Lipinski definition) is 6. The van der Waals surface area contributed by atoms with Crippen LogP contribution in [0.3, 0.4) is 0 Å². The highest BCUT2D eigenvalue weighted by Crippen LogP contribution is 2.32. The third-order valence-electron chi connectivity index (χ3n) is 5.00. The highest BCUT2D eigenvalue weighted by atomic mass is 79.9. The number of methoxy groups -OCH3 is 1. The molecule has 0 saturated heterocycles. The zero-order chi connectivity index (χ0) is 22.3. The fraction of sp³-hybridized carbons (Fsp3) is 0.182. The maximum Gasteiger partial charge on any atom is 0.282 e. The number of nitrogens with one attached hydrogen (secondary N) is 1. The Morgan fingerprint density at radius 2 is 1.77 bits per heavy atom. The summed E-state index contributed by atoms with van der Waals surface area (Å²) in [6.07, 6.45) is 0. The zero-order valence-corrected chi connectivity index (χ0v) is 18.7. The van der Waals surface area contributed by atoms with E-state index in [1.54, 1.807) is 42.5 Å². The molecule has 9 heteroatoms. The highest BCUT2D eigenvalue weighted by Gasteiger charge is 2.41. The van der Waals surface area contributed by atoms with Crippen molar-refractivity contribution in [3.05, 3.63) is 69.3 Å². The van der Waals surface area contributed by atoms with Gasteiger partial charge in [-0.25, -0.2) is 4.98 Å². The second-order valence-electron chi connectivity index (χ2n) is 7.23. The first kappa shape index (κ1) is 21.0. The van der Waals surface area contributed by atoms with E-state index in [-0.39, 0.29) is 17.7 Å². The molecule has 0 fully saturated rings. The van der Waals surface area contributed by atoms with Crippen molar-refractivity contribution >= 4 is 50.2 Å². The Balaban J connectivity index is 1.72. The fourth-order valence-corrected chi connectivity index (χ4v) is 3.84. The third-order valence-corrected chi connectivity index (χ3v) is 5.49. The average molecular weight is 483 g/mol. The number of aromatic nitrogens is 1. The van der Waals surface area contributed by atoms with Gasteiger partial charge in [0.05, 0.1) is 28.9 Å². The van der Waals surface area contributed by atoms with Crippen molar-refractivity contribution in [3.63, 3.8) is 0 Å². The Kier molecular flexibility index (Phi) is 5.47. The van der Waals surface area contributed by atoms with E-state index < -0.39 is 17.7 Å². The maximum absolute atomic E-state index is 13.2. The van der Waals surface area contributed by atoms with Gasteiger partial charge in [-0.1, -0.05) is 15.9 Å². The molecule has 3 amide bonds. The van der Waals surface area contributed by atoms with Crippen molar-refractivity contribution in [1.82, 2.24) is 15.4 Å². The Morgan fingerprint density at radius 1 is 1.10 bits per heavy atom. The summed E-state index contributed by atoms with van der Waals surface area (Å²) in [5.41, 5.74) is 4.93. The highest BCUT2D eigenvalue weighted by molar-refractivity contribution is 9.10. The van der Waals surface area contributed by atoms with Crippen LogP contribution in [-0.2, 0) is 11.3 Å². The molecule has 1 aliphatic rings. The number of benzene rings is 2. The lowest BCUT2D eigenvalue weighted by Gasteiger charge is -2.16. The zero-order valence-electron chi connectivity index (χ0n) is 17.1. The molecule has 1 aliphatic heterocycles. The van der Waals surface area contributed by atoms with E-state index in [0.29, 0.717) is 22.2 Å². The second kappa shape index (κ2) is 8.09. The van der Waals surface area contributed by atoms with Crippen LogP contribution in [0.1, 0.15) is 36.8 Å². The van der Waals surface area contributed by atoms with Crippen LogP contribution >= 0.6 is 15.9 Å². The van der Waals surface area contributed by atoms with Crippen molar-refractivity contribution in [3.8, 4) is 0 Å². The van der Waals surface area contributed by atoms with E-state index >= 15 is 0 Å². The Hall–Kier alpha value is -3.30. The first-order chi connectivity index (χ1) is 14.8. The predicted molar refractivity (Wildman–Crippen MR) is 119 cm³/mol. The fourth-order valence-electron chi connectivity index (χ4n) is 3.47. The first-order valence-corrected chi connectivity index (χ1v) is 10.2. The van der Waals surface area contributed by atoms with Gasteiger partial charge in [0.15, 0.2) is 0 Å². The molecule has 0 spiro atoms. The minimum absolute atomic E-state index is 0.0567. The van der Waals surface area contributed by atoms with Crippen LogP contribution in [0.15, 0.2) is 46.9 Å². The molecule has 1 aromatic heterocycles. The number of ether oxygens (including phenoxy) is 1. The Morgan fingerprint density at radius 3 is 2.42 bits per heavy atom. The molecule has 0 aliphatic carbocycles. The van der Waals surface area contributed by atoms with Gasteiger partial charge in [0.25, 0.3) is 17.7 Å². The van der Waals surface area contributed by atoms with Crippen LogP contribution < -0.4 is 10.3 Å². The largest absolute Gasteiger partial charge is 0.378 e. The van der Waals surface area contributed by atoms with Crippen LogP contribution in [0.4, 0.5) is 5.69 Å². The summed E-state index contributed by atoms with van der Waals surface area (Å²) in [4.78, 5) is 45.5. The molecule has 31 heavy (non-hydrogen) atoms. The number of amides is 3. The molecular weight excluding hydrogens is 464 g/mol.